The minimum Gasteiger partial charge on any atom is -0.494 e. The number of aliphatic carboxylic acids is 2. The first-order chi connectivity index (χ1) is 9.02. The van der Waals surface area contributed by atoms with Crippen LogP contribution in [0.25, 0.3) is 0 Å². The van der Waals surface area contributed by atoms with E-state index < -0.39 is 17.9 Å². The van der Waals surface area contributed by atoms with Crippen LogP contribution in [0.1, 0.15) is 37.7 Å². The smallest absolute Gasteiger partial charge is 0.303 e. The van der Waals surface area contributed by atoms with E-state index in [2.05, 4.69) is 0 Å². The summed E-state index contributed by atoms with van der Waals surface area (Å²) in [7, 11) is 0. The number of carboxylic acid groups (broad SMARTS) is 2. The van der Waals surface area contributed by atoms with Gasteiger partial charge in [-0.2, -0.15) is 0 Å². The fraction of sp³-hybridized carbons (Fsp3) is 0.429. The molecule has 19 heavy (non-hydrogen) atoms. The lowest BCUT2D eigenvalue weighted by Crippen LogP contribution is -2.11. The Morgan fingerprint density at radius 1 is 1.11 bits per heavy atom. The van der Waals surface area contributed by atoms with Crippen LogP contribution < -0.4 is 4.74 Å². The van der Waals surface area contributed by atoms with Crippen molar-refractivity contribution in [3.63, 3.8) is 0 Å². The molecule has 0 unspecified atom stereocenters. The van der Waals surface area contributed by atoms with Gasteiger partial charge in [0.1, 0.15) is 5.75 Å². The molecule has 0 heterocycles. The molecule has 0 radical (unpaired) electrons. The van der Waals surface area contributed by atoms with E-state index in [0.717, 1.165) is 6.42 Å². The highest BCUT2D eigenvalue weighted by Crippen LogP contribution is 2.25. The fourth-order valence-corrected chi connectivity index (χ4v) is 1.79. The summed E-state index contributed by atoms with van der Waals surface area (Å²) < 4.78 is 5.42. The number of hydrogen-bond acceptors (Lipinski definition) is 3. The number of rotatable bonds is 8. The van der Waals surface area contributed by atoms with Crippen molar-refractivity contribution in [3.8, 4) is 5.75 Å². The number of carboxylic acids is 2. The van der Waals surface area contributed by atoms with E-state index in [-0.39, 0.29) is 12.8 Å². The number of carbonyl (C=O) groups is 2. The quantitative estimate of drug-likeness (QED) is 0.755. The summed E-state index contributed by atoms with van der Waals surface area (Å²) in [5.74, 6) is -1.82. The van der Waals surface area contributed by atoms with Gasteiger partial charge >= 0.3 is 11.9 Å². The molecule has 0 aliphatic heterocycles. The Balaban J connectivity index is 2.77. The Hall–Kier alpha value is -2.04. The highest BCUT2D eigenvalue weighted by molar-refractivity contribution is 5.72. The zero-order chi connectivity index (χ0) is 14.3. The minimum absolute atomic E-state index is 0.193. The second kappa shape index (κ2) is 7.41. The van der Waals surface area contributed by atoms with Crippen molar-refractivity contribution in [1.82, 2.24) is 0 Å². The predicted octanol–water partition coefficient (Wildman–Crippen LogP) is 2.51. The average Bonchev–Trinajstić information content (AvgIpc) is 2.35. The van der Waals surface area contributed by atoms with E-state index in [1.54, 1.807) is 24.3 Å². The van der Waals surface area contributed by atoms with Crippen molar-refractivity contribution < 1.29 is 24.5 Å². The summed E-state index contributed by atoms with van der Waals surface area (Å²) in [4.78, 5) is 21.5. The maximum atomic E-state index is 10.8. The zero-order valence-electron chi connectivity index (χ0n) is 10.8. The van der Waals surface area contributed by atoms with E-state index in [9.17, 15) is 9.59 Å². The van der Waals surface area contributed by atoms with Crippen LogP contribution in [0.5, 0.6) is 5.75 Å². The van der Waals surface area contributed by atoms with Gasteiger partial charge in [-0.1, -0.05) is 19.1 Å². The molecule has 104 valence electrons. The van der Waals surface area contributed by atoms with Crippen LogP contribution in [0.15, 0.2) is 24.3 Å². The first kappa shape index (κ1) is 15.0. The third-order valence-corrected chi connectivity index (χ3v) is 2.67. The maximum Gasteiger partial charge on any atom is 0.303 e. The molecule has 0 bridgehead atoms. The first-order valence-electron chi connectivity index (χ1n) is 6.19. The van der Waals surface area contributed by atoms with Crippen LogP contribution in [0.4, 0.5) is 0 Å². The molecule has 2 N–H and O–H groups in total. The number of ether oxygens (including phenoxy) is 1. The highest BCUT2D eigenvalue weighted by Gasteiger charge is 2.18. The van der Waals surface area contributed by atoms with Crippen LogP contribution in [-0.4, -0.2) is 28.8 Å². The van der Waals surface area contributed by atoms with Gasteiger partial charge in [-0.25, -0.2) is 0 Å². The maximum absolute atomic E-state index is 10.8. The minimum atomic E-state index is -1.00. The summed E-state index contributed by atoms with van der Waals surface area (Å²) >= 11 is 0. The van der Waals surface area contributed by atoms with E-state index in [1.165, 1.54) is 0 Å². The summed E-state index contributed by atoms with van der Waals surface area (Å²) in [6, 6.07) is 6.92. The Bertz CT molecular complexity index is 408. The normalized spacial score (nSPS) is 10.4. The molecule has 0 spiro atoms. The Labute approximate surface area is 111 Å². The molecule has 0 fully saturated rings. The van der Waals surface area contributed by atoms with Crippen molar-refractivity contribution >= 4 is 11.9 Å². The molecule has 0 saturated carbocycles. The van der Waals surface area contributed by atoms with Crippen LogP contribution in [0, 0.1) is 0 Å². The molecular weight excluding hydrogens is 248 g/mol. The molecule has 0 aromatic heterocycles. The van der Waals surface area contributed by atoms with Gasteiger partial charge in [-0.15, -0.1) is 0 Å². The molecule has 5 nitrogen and oxygen atoms in total. The van der Waals surface area contributed by atoms with Gasteiger partial charge in [0.05, 0.1) is 19.4 Å². The molecular formula is C14H18O5. The third-order valence-electron chi connectivity index (χ3n) is 2.67. The molecule has 0 saturated heterocycles. The standard InChI is InChI=1S/C14H18O5/c1-2-7-19-12-5-3-10(4-6-12)11(8-13(15)16)9-14(17)18/h3-6,11H,2,7-9H2,1H3,(H,15,16)(H,17,18). The Kier molecular flexibility index (Phi) is 5.85. The monoisotopic (exact) mass is 266 g/mol. The Morgan fingerprint density at radius 2 is 1.63 bits per heavy atom. The SMILES string of the molecule is CCCOc1ccc(C(CC(=O)O)CC(=O)O)cc1. The van der Waals surface area contributed by atoms with E-state index in [4.69, 9.17) is 14.9 Å². The van der Waals surface area contributed by atoms with Gasteiger partial charge in [-0.05, 0) is 24.1 Å². The summed E-state index contributed by atoms with van der Waals surface area (Å²) in [6.45, 7) is 2.62. The van der Waals surface area contributed by atoms with Crippen LogP contribution >= 0.6 is 0 Å². The van der Waals surface area contributed by atoms with Crippen LogP contribution in [-0.2, 0) is 9.59 Å². The summed E-state index contributed by atoms with van der Waals surface area (Å²) in [5.41, 5.74) is 0.702. The van der Waals surface area contributed by atoms with Crippen LogP contribution in [0.3, 0.4) is 0 Å². The van der Waals surface area contributed by atoms with E-state index in [1.807, 2.05) is 6.92 Å². The van der Waals surface area contributed by atoms with Gasteiger partial charge in [-0.3, -0.25) is 9.59 Å². The Morgan fingerprint density at radius 3 is 2.05 bits per heavy atom. The van der Waals surface area contributed by atoms with E-state index in [0.29, 0.717) is 17.9 Å². The lowest BCUT2D eigenvalue weighted by molar-refractivity contribution is -0.139. The fourth-order valence-electron chi connectivity index (χ4n) is 1.79. The second-order valence-corrected chi connectivity index (χ2v) is 4.31. The number of hydrogen-bond donors (Lipinski definition) is 2. The van der Waals surface area contributed by atoms with Gasteiger partial charge < -0.3 is 14.9 Å². The van der Waals surface area contributed by atoms with Crippen molar-refractivity contribution in [2.75, 3.05) is 6.61 Å². The van der Waals surface area contributed by atoms with Crippen molar-refractivity contribution in [2.45, 2.75) is 32.1 Å². The molecule has 0 aliphatic carbocycles. The average molecular weight is 266 g/mol. The van der Waals surface area contributed by atoms with Crippen molar-refractivity contribution in [3.05, 3.63) is 29.8 Å². The third kappa shape index (κ3) is 5.42. The van der Waals surface area contributed by atoms with Gasteiger partial charge in [0.25, 0.3) is 0 Å². The summed E-state index contributed by atoms with van der Waals surface area (Å²) in [5, 5.41) is 17.6. The van der Waals surface area contributed by atoms with Crippen molar-refractivity contribution in [1.29, 1.82) is 0 Å². The van der Waals surface area contributed by atoms with Crippen molar-refractivity contribution in [2.24, 2.45) is 0 Å². The highest BCUT2D eigenvalue weighted by atomic mass is 16.5. The molecule has 0 amide bonds. The molecule has 0 aliphatic rings. The van der Waals surface area contributed by atoms with Gasteiger partial charge in [0.15, 0.2) is 0 Å². The largest absolute Gasteiger partial charge is 0.494 e. The molecule has 5 heteroatoms. The molecule has 0 atom stereocenters. The molecule has 1 aromatic rings. The predicted molar refractivity (Wildman–Crippen MR) is 69.5 cm³/mol. The number of benzene rings is 1. The molecule has 1 aromatic carbocycles. The van der Waals surface area contributed by atoms with E-state index >= 15 is 0 Å². The second-order valence-electron chi connectivity index (χ2n) is 4.31. The topological polar surface area (TPSA) is 83.8 Å². The van der Waals surface area contributed by atoms with Gasteiger partial charge in [0, 0.05) is 5.92 Å². The first-order valence-corrected chi connectivity index (χ1v) is 6.19. The lowest BCUT2D eigenvalue weighted by Gasteiger charge is -2.13. The molecule has 1 rings (SSSR count). The zero-order valence-corrected chi connectivity index (χ0v) is 10.8. The van der Waals surface area contributed by atoms with Crippen LogP contribution in [0.2, 0.25) is 0 Å². The van der Waals surface area contributed by atoms with Gasteiger partial charge in [0.2, 0.25) is 0 Å². The lowest BCUT2D eigenvalue weighted by atomic mass is 9.92. The summed E-state index contributed by atoms with van der Waals surface area (Å²) in [6.07, 6.45) is 0.519.